The second-order valence-electron chi connectivity index (χ2n) is 10.0. The molecule has 0 saturated heterocycles. The van der Waals surface area contributed by atoms with Crippen LogP contribution in [-0.2, 0) is 0 Å². The van der Waals surface area contributed by atoms with E-state index in [1.807, 2.05) is 30.3 Å². The molecule has 4 rings (SSSR count). The monoisotopic (exact) mass is 556 g/mol. The van der Waals surface area contributed by atoms with Crippen molar-refractivity contribution in [3.63, 3.8) is 0 Å². The Kier molecular flexibility index (Phi) is 15.5. The fraction of sp³-hybridized carbons (Fsp3) is 0.351. The van der Waals surface area contributed by atoms with Gasteiger partial charge in [-0.1, -0.05) is 99.8 Å². The van der Waals surface area contributed by atoms with Crippen LogP contribution < -0.4 is 14.8 Å². The molecule has 0 radical (unpaired) electrons. The number of methoxy groups -OCH3 is 2. The molecule has 222 valence electrons. The molecule has 4 nitrogen and oxygen atoms in total. The molecule has 4 aromatic carbocycles. The molecule has 0 unspecified atom stereocenters. The summed E-state index contributed by atoms with van der Waals surface area (Å²) in [6.07, 6.45) is 0. The van der Waals surface area contributed by atoms with Crippen LogP contribution in [0.15, 0.2) is 109 Å². The summed E-state index contributed by atoms with van der Waals surface area (Å²) in [5, 5.41) is 3.61. The molecule has 0 saturated carbocycles. The maximum atomic E-state index is 5.31. The first-order valence-electron chi connectivity index (χ1n) is 13.7. The third kappa shape index (κ3) is 10.4. The fourth-order valence-electron chi connectivity index (χ4n) is 4.66. The van der Waals surface area contributed by atoms with E-state index in [4.69, 9.17) is 9.47 Å². The molecule has 4 atom stereocenters. The average Bonchev–Trinajstić information content (AvgIpc) is 3.01. The third-order valence-corrected chi connectivity index (χ3v) is 7.47. The third-order valence-electron chi connectivity index (χ3n) is 7.47. The number of nitrogens with one attached hydrogen (secondary N) is 1. The molecule has 0 aliphatic carbocycles. The van der Waals surface area contributed by atoms with Crippen LogP contribution in [-0.4, -0.2) is 26.2 Å². The lowest BCUT2D eigenvalue weighted by Gasteiger charge is -2.31. The molecule has 4 heteroatoms. The highest BCUT2D eigenvalue weighted by atomic mass is 16.5. The van der Waals surface area contributed by atoms with E-state index in [2.05, 4.69) is 124 Å². The Morgan fingerprint density at radius 2 is 0.902 bits per heavy atom. The Bertz CT molecular complexity index is 1250. The van der Waals surface area contributed by atoms with Gasteiger partial charge in [0.05, 0.1) is 14.2 Å². The summed E-state index contributed by atoms with van der Waals surface area (Å²) < 4.78 is 10.6. The largest absolute Gasteiger partial charge is 0.497 e. The molecule has 0 heterocycles. The molecule has 0 fully saturated rings. The van der Waals surface area contributed by atoms with Crippen LogP contribution in [0, 0.1) is 0 Å². The van der Waals surface area contributed by atoms with Crippen LogP contribution >= 0.6 is 0 Å². The molecule has 0 spiro atoms. The Labute approximate surface area is 250 Å². The molecule has 0 bridgehead atoms. The van der Waals surface area contributed by atoms with Crippen molar-refractivity contribution in [2.24, 2.45) is 0 Å². The van der Waals surface area contributed by atoms with Gasteiger partial charge >= 0.3 is 0 Å². The highest BCUT2D eigenvalue weighted by Gasteiger charge is 2.19. The molecule has 1 N–H and O–H groups in total. The van der Waals surface area contributed by atoms with Crippen molar-refractivity contribution in [3.8, 4) is 11.5 Å². The van der Waals surface area contributed by atoms with E-state index in [-0.39, 0.29) is 20.9 Å². The van der Waals surface area contributed by atoms with Crippen molar-refractivity contribution in [2.45, 2.75) is 66.7 Å². The highest BCUT2D eigenvalue weighted by molar-refractivity contribution is 5.32. The maximum absolute atomic E-state index is 5.31. The Morgan fingerprint density at radius 3 is 1.41 bits per heavy atom. The van der Waals surface area contributed by atoms with E-state index in [0.29, 0.717) is 18.1 Å². The lowest BCUT2D eigenvalue weighted by molar-refractivity contribution is 0.198. The molecule has 41 heavy (non-hydrogen) atoms. The summed E-state index contributed by atoms with van der Waals surface area (Å²) >= 11 is 0. The van der Waals surface area contributed by atoms with Gasteiger partial charge in [0.15, 0.2) is 0 Å². The van der Waals surface area contributed by atoms with Gasteiger partial charge in [-0.25, -0.2) is 0 Å². The van der Waals surface area contributed by atoms with Crippen LogP contribution in [0.1, 0.15) is 89.0 Å². The van der Waals surface area contributed by atoms with E-state index < -0.39 is 0 Å². The van der Waals surface area contributed by atoms with Crippen molar-refractivity contribution in [2.75, 3.05) is 21.3 Å². The molecule has 0 aliphatic rings. The maximum Gasteiger partial charge on any atom is 0.119 e. The predicted molar refractivity (Wildman–Crippen MR) is 177 cm³/mol. The predicted octanol–water partition coefficient (Wildman–Crippen LogP) is 9.83. The number of benzene rings is 4. The lowest BCUT2D eigenvalue weighted by Crippen LogP contribution is -2.25. The molecule has 0 amide bonds. The van der Waals surface area contributed by atoms with Gasteiger partial charge in [-0.3, -0.25) is 4.90 Å². The lowest BCUT2D eigenvalue weighted by atomic mass is 10.0. The highest BCUT2D eigenvalue weighted by Crippen LogP contribution is 2.30. The first-order valence-corrected chi connectivity index (χ1v) is 13.7. The van der Waals surface area contributed by atoms with Crippen molar-refractivity contribution in [3.05, 3.63) is 131 Å². The van der Waals surface area contributed by atoms with E-state index in [1.165, 1.54) is 22.3 Å². The number of hydrogen-bond donors (Lipinski definition) is 1. The zero-order valence-electron chi connectivity index (χ0n) is 24.5. The van der Waals surface area contributed by atoms with Gasteiger partial charge in [-0.2, -0.15) is 0 Å². The quantitative estimate of drug-likeness (QED) is 0.211. The molecule has 0 aromatic heterocycles. The summed E-state index contributed by atoms with van der Waals surface area (Å²) in [6, 6.07) is 38.9. The fourth-order valence-corrected chi connectivity index (χ4v) is 4.66. The number of hydrogen-bond acceptors (Lipinski definition) is 4. The second kappa shape index (κ2) is 18.0. The van der Waals surface area contributed by atoms with Crippen molar-refractivity contribution in [1.82, 2.24) is 10.2 Å². The van der Waals surface area contributed by atoms with Crippen molar-refractivity contribution in [1.29, 1.82) is 0 Å². The van der Waals surface area contributed by atoms with Crippen LogP contribution in [0.5, 0.6) is 11.5 Å². The van der Waals surface area contributed by atoms with E-state index in [0.717, 1.165) is 11.5 Å². The molecular formula is C37H52N2O2. The minimum Gasteiger partial charge on any atom is -0.497 e. The van der Waals surface area contributed by atoms with Crippen LogP contribution in [0.25, 0.3) is 0 Å². The van der Waals surface area contributed by atoms with Crippen LogP contribution in [0.3, 0.4) is 0 Å². The minimum absolute atomic E-state index is 0. The van der Waals surface area contributed by atoms with E-state index in [1.54, 1.807) is 14.2 Å². The first kappa shape index (κ1) is 35.4. The van der Waals surface area contributed by atoms with Crippen LogP contribution in [0.2, 0.25) is 0 Å². The number of nitrogens with zero attached hydrogens (tertiary/aromatic N) is 1. The zero-order chi connectivity index (χ0) is 28.2. The van der Waals surface area contributed by atoms with Gasteiger partial charge in [-0.05, 0) is 81.3 Å². The zero-order valence-corrected chi connectivity index (χ0v) is 24.5. The first-order chi connectivity index (χ1) is 18.8. The average molecular weight is 557 g/mol. The normalized spacial score (nSPS) is 13.3. The summed E-state index contributed by atoms with van der Waals surface area (Å²) in [5.41, 5.74) is 5.15. The Balaban J connectivity index is 0.000000391. The minimum atomic E-state index is 0. The summed E-state index contributed by atoms with van der Waals surface area (Å²) in [7, 11) is 5.58. The van der Waals surface area contributed by atoms with Crippen molar-refractivity contribution < 1.29 is 9.47 Å². The standard InChI is InChI=1S/C18H23NO.C17H21NO.2CH4/c1-14(16-9-6-5-7-10-16)19(3)15(2)17-11-8-12-18(13-17)20-4;1-13(15-8-5-4-6-9-15)18-14(2)16-10-7-11-17(12-16)19-3;;/h5-15H,1-4H3;4-14,18H,1-3H3;2*1H4/t14-,15-;13-,14-;;/m00../s1. The Hall–Kier alpha value is -3.60. The second-order valence-corrected chi connectivity index (χ2v) is 10.0. The van der Waals surface area contributed by atoms with Crippen LogP contribution in [0.4, 0.5) is 0 Å². The number of ether oxygens (including phenoxy) is 2. The molecular weight excluding hydrogens is 504 g/mol. The van der Waals surface area contributed by atoms with Gasteiger partial charge in [0.1, 0.15) is 11.5 Å². The van der Waals surface area contributed by atoms with Gasteiger partial charge in [0.25, 0.3) is 0 Å². The van der Waals surface area contributed by atoms with Gasteiger partial charge in [0.2, 0.25) is 0 Å². The summed E-state index contributed by atoms with van der Waals surface area (Å²) in [5.74, 6) is 1.81. The van der Waals surface area contributed by atoms with E-state index >= 15 is 0 Å². The Morgan fingerprint density at radius 1 is 0.512 bits per heavy atom. The smallest absolute Gasteiger partial charge is 0.119 e. The van der Waals surface area contributed by atoms with Gasteiger partial charge < -0.3 is 14.8 Å². The van der Waals surface area contributed by atoms with E-state index in [9.17, 15) is 0 Å². The molecule has 4 aromatic rings. The molecule has 0 aliphatic heterocycles. The van der Waals surface area contributed by atoms with Gasteiger partial charge in [-0.15, -0.1) is 0 Å². The number of rotatable bonds is 10. The summed E-state index contributed by atoms with van der Waals surface area (Å²) in [6.45, 7) is 8.83. The SMILES string of the molecule is C.C.COc1cccc([C@H](C)N(C)[C@@H](C)c2ccccc2)c1.COc1cccc([C@H](C)N[C@@H](C)c2ccccc2)c1. The van der Waals surface area contributed by atoms with Gasteiger partial charge in [0, 0.05) is 24.2 Å². The van der Waals surface area contributed by atoms with Crippen molar-refractivity contribution >= 4 is 0 Å². The summed E-state index contributed by atoms with van der Waals surface area (Å²) in [4.78, 5) is 2.38. The topological polar surface area (TPSA) is 33.7 Å².